The second-order valence-electron chi connectivity index (χ2n) is 4.17. The van der Waals surface area contributed by atoms with E-state index in [1.165, 1.54) is 0 Å². The highest BCUT2D eigenvalue weighted by Gasteiger charge is 2.33. The molecular formula is C15H11ClO6. The van der Waals surface area contributed by atoms with Gasteiger partial charge in [-0.15, -0.1) is 0 Å². The van der Waals surface area contributed by atoms with Crippen LogP contribution in [0, 0.1) is 0 Å². The Bertz CT molecular complexity index is 675. The van der Waals surface area contributed by atoms with Gasteiger partial charge < -0.3 is 14.2 Å². The number of halogens is 1. The zero-order chi connectivity index (χ0) is 16.1. The predicted molar refractivity (Wildman–Crippen MR) is 75.3 cm³/mol. The number of cyclic esters (lactones) is 1. The van der Waals surface area contributed by atoms with Crippen LogP contribution in [0.4, 0.5) is 0 Å². The van der Waals surface area contributed by atoms with Crippen LogP contribution in [0.15, 0.2) is 52.8 Å². The first kappa shape index (κ1) is 15.8. The quantitative estimate of drug-likeness (QED) is 0.277. The lowest BCUT2D eigenvalue weighted by atomic mass is 10.2. The van der Waals surface area contributed by atoms with E-state index in [1.54, 1.807) is 24.3 Å². The zero-order valence-electron chi connectivity index (χ0n) is 11.5. The van der Waals surface area contributed by atoms with Gasteiger partial charge in [-0.2, -0.15) is 0 Å². The summed E-state index contributed by atoms with van der Waals surface area (Å²) in [7, 11) is 1.09. The van der Waals surface area contributed by atoms with Gasteiger partial charge in [0.05, 0.1) is 12.1 Å². The molecule has 0 spiro atoms. The number of rotatable bonds is 4. The molecule has 1 aromatic carbocycles. The molecule has 1 aliphatic heterocycles. The zero-order valence-corrected chi connectivity index (χ0v) is 12.3. The highest BCUT2D eigenvalue weighted by molar-refractivity contribution is 6.35. The Hall–Kier alpha value is -2.60. The number of methoxy groups -OCH3 is 1. The third-order valence-electron chi connectivity index (χ3n) is 2.70. The number of esters is 3. The number of ether oxygens (including phenoxy) is 3. The van der Waals surface area contributed by atoms with Crippen LogP contribution in [-0.4, -0.2) is 25.0 Å². The molecular weight excluding hydrogens is 312 g/mol. The predicted octanol–water partition coefficient (Wildman–Crippen LogP) is 1.84. The maximum absolute atomic E-state index is 12.1. The van der Waals surface area contributed by atoms with Crippen LogP contribution >= 0.6 is 11.6 Å². The standard InChI is InChI=1S/C15H11ClO6/c1-20-14(18)12(13-10(16)7-11(17)22-13)15(19)21-8-9-5-3-2-4-6-9/h2-7H,8H2,1H3/b13-12-. The van der Waals surface area contributed by atoms with Crippen molar-refractivity contribution >= 4 is 29.5 Å². The van der Waals surface area contributed by atoms with Gasteiger partial charge in [-0.05, 0) is 5.56 Å². The van der Waals surface area contributed by atoms with Crippen molar-refractivity contribution in [3.8, 4) is 0 Å². The molecule has 0 amide bonds. The molecule has 0 fully saturated rings. The van der Waals surface area contributed by atoms with Gasteiger partial charge in [0.1, 0.15) is 6.61 Å². The van der Waals surface area contributed by atoms with Gasteiger partial charge in [-0.25, -0.2) is 14.4 Å². The Balaban J connectivity index is 2.22. The van der Waals surface area contributed by atoms with E-state index in [2.05, 4.69) is 4.74 Å². The largest absolute Gasteiger partial charge is 0.465 e. The van der Waals surface area contributed by atoms with Crippen molar-refractivity contribution in [1.82, 2.24) is 0 Å². The summed E-state index contributed by atoms with van der Waals surface area (Å²) in [6.45, 7) is -0.0528. The molecule has 0 N–H and O–H groups in total. The molecule has 0 saturated heterocycles. The third kappa shape index (κ3) is 3.53. The molecule has 114 valence electrons. The van der Waals surface area contributed by atoms with E-state index in [0.717, 1.165) is 18.7 Å². The highest BCUT2D eigenvalue weighted by Crippen LogP contribution is 2.27. The number of allylic oxidation sites excluding steroid dienone is 1. The third-order valence-corrected chi connectivity index (χ3v) is 2.98. The van der Waals surface area contributed by atoms with Crippen LogP contribution in [0.1, 0.15) is 5.56 Å². The molecule has 0 aliphatic carbocycles. The minimum absolute atomic E-state index is 0.0528. The fourth-order valence-corrected chi connectivity index (χ4v) is 1.91. The summed E-state index contributed by atoms with van der Waals surface area (Å²) in [5.74, 6) is -3.14. The van der Waals surface area contributed by atoms with Crippen molar-refractivity contribution in [2.24, 2.45) is 0 Å². The van der Waals surface area contributed by atoms with Gasteiger partial charge in [0.15, 0.2) is 11.3 Å². The topological polar surface area (TPSA) is 78.9 Å². The molecule has 0 bridgehead atoms. The molecule has 22 heavy (non-hydrogen) atoms. The van der Waals surface area contributed by atoms with Gasteiger partial charge in [0, 0.05) is 6.08 Å². The van der Waals surface area contributed by atoms with Crippen LogP contribution < -0.4 is 0 Å². The number of benzene rings is 1. The Morgan fingerprint density at radius 3 is 2.41 bits per heavy atom. The molecule has 0 aromatic heterocycles. The van der Waals surface area contributed by atoms with Crippen LogP contribution in [0.3, 0.4) is 0 Å². The molecule has 2 rings (SSSR count). The number of carbonyl (C=O) groups is 3. The molecule has 1 aliphatic rings. The Morgan fingerprint density at radius 1 is 1.18 bits per heavy atom. The Labute approximate surface area is 130 Å². The maximum Gasteiger partial charge on any atom is 0.349 e. The minimum atomic E-state index is -1.01. The van der Waals surface area contributed by atoms with Crippen molar-refractivity contribution in [1.29, 1.82) is 0 Å². The monoisotopic (exact) mass is 322 g/mol. The van der Waals surface area contributed by atoms with E-state index in [4.69, 9.17) is 21.1 Å². The molecule has 0 unspecified atom stereocenters. The van der Waals surface area contributed by atoms with Gasteiger partial charge in [0.2, 0.25) is 0 Å². The minimum Gasteiger partial charge on any atom is -0.465 e. The maximum atomic E-state index is 12.1. The summed E-state index contributed by atoms with van der Waals surface area (Å²) in [5.41, 5.74) is 0.167. The molecule has 7 heteroatoms. The van der Waals surface area contributed by atoms with Crippen molar-refractivity contribution in [3.63, 3.8) is 0 Å². The lowest BCUT2D eigenvalue weighted by Gasteiger charge is -2.09. The van der Waals surface area contributed by atoms with E-state index in [9.17, 15) is 14.4 Å². The normalized spacial score (nSPS) is 15.7. The van der Waals surface area contributed by atoms with E-state index in [0.29, 0.717) is 0 Å². The summed E-state index contributed by atoms with van der Waals surface area (Å²) >= 11 is 5.77. The summed E-state index contributed by atoms with van der Waals surface area (Å²) in [4.78, 5) is 35.0. The van der Waals surface area contributed by atoms with E-state index in [-0.39, 0.29) is 17.4 Å². The number of hydrogen-bond acceptors (Lipinski definition) is 6. The van der Waals surface area contributed by atoms with Gasteiger partial charge in [-0.1, -0.05) is 41.9 Å². The molecule has 1 heterocycles. The van der Waals surface area contributed by atoms with E-state index in [1.807, 2.05) is 6.07 Å². The van der Waals surface area contributed by atoms with E-state index < -0.39 is 23.5 Å². The lowest BCUT2D eigenvalue weighted by Crippen LogP contribution is -2.20. The highest BCUT2D eigenvalue weighted by atomic mass is 35.5. The first-order chi connectivity index (χ1) is 10.5. The first-order valence-electron chi connectivity index (χ1n) is 6.16. The van der Waals surface area contributed by atoms with Crippen LogP contribution in [0.25, 0.3) is 0 Å². The average molecular weight is 323 g/mol. The van der Waals surface area contributed by atoms with Crippen LogP contribution in [0.5, 0.6) is 0 Å². The first-order valence-corrected chi connectivity index (χ1v) is 6.53. The summed E-state index contributed by atoms with van der Waals surface area (Å²) in [6.07, 6.45) is 0.949. The van der Waals surface area contributed by atoms with Gasteiger partial charge >= 0.3 is 17.9 Å². The van der Waals surface area contributed by atoms with Gasteiger partial charge in [-0.3, -0.25) is 0 Å². The summed E-state index contributed by atoms with van der Waals surface area (Å²) in [6, 6.07) is 8.87. The number of carbonyl (C=O) groups excluding carboxylic acids is 3. The van der Waals surface area contributed by atoms with Crippen molar-refractivity contribution in [3.05, 3.63) is 58.3 Å². The second kappa shape index (κ2) is 6.91. The molecule has 0 radical (unpaired) electrons. The smallest absolute Gasteiger partial charge is 0.349 e. The van der Waals surface area contributed by atoms with Crippen LogP contribution in [0.2, 0.25) is 0 Å². The summed E-state index contributed by atoms with van der Waals surface area (Å²) < 4.78 is 14.3. The molecule has 0 atom stereocenters. The fourth-order valence-electron chi connectivity index (χ4n) is 1.68. The Kier molecular flexibility index (Phi) is 4.95. The second-order valence-corrected chi connectivity index (χ2v) is 4.58. The van der Waals surface area contributed by atoms with Gasteiger partial charge in [0.25, 0.3) is 0 Å². The van der Waals surface area contributed by atoms with Crippen LogP contribution in [-0.2, 0) is 35.2 Å². The fraction of sp³-hybridized carbons (Fsp3) is 0.133. The van der Waals surface area contributed by atoms with Crippen molar-refractivity contribution < 1.29 is 28.6 Å². The lowest BCUT2D eigenvalue weighted by molar-refractivity contribution is -0.147. The van der Waals surface area contributed by atoms with Crippen molar-refractivity contribution in [2.75, 3.05) is 7.11 Å². The average Bonchev–Trinajstić information content (AvgIpc) is 2.84. The summed E-state index contributed by atoms with van der Waals surface area (Å²) in [5, 5.41) is -0.165. The molecule has 6 nitrogen and oxygen atoms in total. The molecule has 1 aromatic rings. The van der Waals surface area contributed by atoms with Crippen molar-refractivity contribution in [2.45, 2.75) is 6.61 Å². The number of hydrogen-bond donors (Lipinski definition) is 0. The Morgan fingerprint density at radius 2 is 1.86 bits per heavy atom. The molecule has 0 saturated carbocycles. The SMILES string of the molecule is COC(=O)/C(C(=O)OCc1ccccc1)=C1/OC(=O)C=C1Cl. The van der Waals surface area contributed by atoms with E-state index >= 15 is 0 Å².